The van der Waals surface area contributed by atoms with Crippen molar-refractivity contribution in [3.05, 3.63) is 36.4 Å². The van der Waals surface area contributed by atoms with Gasteiger partial charge in [-0.05, 0) is 23.9 Å². The monoisotopic (exact) mass is 275 g/mol. The van der Waals surface area contributed by atoms with Crippen LogP contribution in [-0.2, 0) is 4.79 Å². The molecule has 0 spiro atoms. The molecule has 0 aliphatic rings. The normalized spacial score (nSPS) is 10.6. The quantitative estimate of drug-likeness (QED) is 0.824. The molecule has 0 radical (unpaired) electrons. The molecule has 1 amide bonds. The molecule has 2 aromatic rings. The minimum absolute atomic E-state index is 0.0454. The maximum absolute atomic E-state index is 11.6. The molecule has 2 N–H and O–H groups in total. The van der Waals surface area contributed by atoms with Crippen molar-refractivity contribution in [2.45, 2.75) is 18.2 Å². The average molecular weight is 275 g/mol. The van der Waals surface area contributed by atoms with Gasteiger partial charge in [-0.1, -0.05) is 31.2 Å². The van der Waals surface area contributed by atoms with E-state index in [9.17, 15) is 9.90 Å². The van der Waals surface area contributed by atoms with Crippen LogP contribution in [0.15, 0.2) is 41.3 Å². The van der Waals surface area contributed by atoms with Crippen molar-refractivity contribution in [3.8, 4) is 5.75 Å². The first-order valence-electron chi connectivity index (χ1n) is 6.32. The molecule has 100 valence electrons. The first-order valence-corrected chi connectivity index (χ1v) is 7.31. The number of carbonyl (C=O) groups is 1. The fourth-order valence-electron chi connectivity index (χ4n) is 1.84. The number of phenolic OH excluding ortho intramolecular Hbond substituents is 1. The summed E-state index contributed by atoms with van der Waals surface area (Å²) in [5.41, 5.74) is 0. The van der Waals surface area contributed by atoms with Gasteiger partial charge >= 0.3 is 0 Å². The van der Waals surface area contributed by atoms with E-state index in [4.69, 9.17) is 0 Å². The van der Waals surface area contributed by atoms with Crippen LogP contribution >= 0.6 is 11.8 Å². The number of phenols is 1. The van der Waals surface area contributed by atoms with Crippen molar-refractivity contribution >= 4 is 28.4 Å². The van der Waals surface area contributed by atoms with E-state index >= 15 is 0 Å². The smallest absolute Gasteiger partial charge is 0.230 e. The zero-order chi connectivity index (χ0) is 13.7. The lowest BCUT2D eigenvalue weighted by Gasteiger charge is -2.08. The van der Waals surface area contributed by atoms with Gasteiger partial charge < -0.3 is 10.4 Å². The van der Waals surface area contributed by atoms with Crippen LogP contribution in [0.3, 0.4) is 0 Å². The number of aromatic hydroxyl groups is 1. The lowest BCUT2D eigenvalue weighted by Crippen LogP contribution is -2.25. The molecule has 0 bridgehead atoms. The summed E-state index contributed by atoms with van der Waals surface area (Å²) >= 11 is 1.49. The van der Waals surface area contributed by atoms with Gasteiger partial charge in [0, 0.05) is 16.8 Å². The number of nitrogens with one attached hydrogen (secondary N) is 1. The Morgan fingerprint density at radius 1 is 1.21 bits per heavy atom. The molecule has 4 heteroatoms. The standard InChI is InChI=1S/C15H17NO2S/c1-2-9-16-15(18)10-19-14-8-7-13(17)11-5-3-4-6-12(11)14/h3-8,17H,2,9-10H2,1H3,(H,16,18). The van der Waals surface area contributed by atoms with Crippen molar-refractivity contribution in [1.29, 1.82) is 0 Å². The zero-order valence-corrected chi connectivity index (χ0v) is 11.7. The van der Waals surface area contributed by atoms with Gasteiger partial charge in [0.1, 0.15) is 5.75 Å². The molecule has 0 fully saturated rings. The largest absolute Gasteiger partial charge is 0.507 e. The van der Waals surface area contributed by atoms with Crippen LogP contribution in [0.1, 0.15) is 13.3 Å². The highest BCUT2D eigenvalue weighted by atomic mass is 32.2. The van der Waals surface area contributed by atoms with Crippen molar-refractivity contribution < 1.29 is 9.90 Å². The zero-order valence-electron chi connectivity index (χ0n) is 10.8. The van der Waals surface area contributed by atoms with Crippen molar-refractivity contribution in [2.24, 2.45) is 0 Å². The number of benzene rings is 2. The second-order valence-electron chi connectivity index (χ2n) is 4.27. The Balaban J connectivity index is 2.13. The van der Waals surface area contributed by atoms with Gasteiger partial charge in [-0.25, -0.2) is 0 Å². The number of hydrogen-bond donors (Lipinski definition) is 2. The Hall–Kier alpha value is -1.68. The lowest BCUT2D eigenvalue weighted by molar-refractivity contribution is -0.118. The van der Waals surface area contributed by atoms with E-state index in [1.807, 2.05) is 37.3 Å². The molecule has 3 nitrogen and oxygen atoms in total. The van der Waals surface area contributed by atoms with Crippen LogP contribution < -0.4 is 5.32 Å². The van der Waals surface area contributed by atoms with E-state index in [1.54, 1.807) is 6.07 Å². The molecule has 0 atom stereocenters. The fraction of sp³-hybridized carbons (Fsp3) is 0.267. The molecule has 0 aliphatic carbocycles. The second-order valence-corrected chi connectivity index (χ2v) is 5.28. The van der Waals surface area contributed by atoms with Gasteiger partial charge in [0.2, 0.25) is 5.91 Å². The molecule has 19 heavy (non-hydrogen) atoms. The predicted octanol–water partition coefficient (Wildman–Crippen LogP) is 3.16. The Morgan fingerprint density at radius 3 is 2.68 bits per heavy atom. The first kappa shape index (κ1) is 13.7. The summed E-state index contributed by atoms with van der Waals surface area (Å²) < 4.78 is 0. The van der Waals surface area contributed by atoms with Crippen molar-refractivity contribution in [1.82, 2.24) is 5.32 Å². The summed E-state index contributed by atoms with van der Waals surface area (Å²) in [5, 5.41) is 14.5. The maximum Gasteiger partial charge on any atom is 0.230 e. The van der Waals surface area contributed by atoms with Crippen LogP contribution in [0.2, 0.25) is 0 Å². The number of amides is 1. The lowest BCUT2D eigenvalue weighted by atomic mass is 10.1. The third kappa shape index (κ3) is 3.41. The van der Waals surface area contributed by atoms with E-state index in [0.29, 0.717) is 5.75 Å². The van der Waals surface area contributed by atoms with Crippen LogP contribution in [-0.4, -0.2) is 23.3 Å². The third-order valence-electron chi connectivity index (χ3n) is 2.79. The Kier molecular flexibility index (Phi) is 4.68. The van der Waals surface area contributed by atoms with E-state index in [-0.39, 0.29) is 11.7 Å². The van der Waals surface area contributed by atoms with Gasteiger partial charge in [0.25, 0.3) is 0 Å². The summed E-state index contributed by atoms with van der Waals surface area (Å²) in [5.74, 6) is 0.716. The van der Waals surface area contributed by atoms with Crippen LogP contribution in [0.4, 0.5) is 0 Å². The summed E-state index contributed by atoms with van der Waals surface area (Å²) in [6.07, 6.45) is 0.943. The summed E-state index contributed by atoms with van der Waals surface area (Å²) in [6, 6.07) is 11.2. The van der Waals surface area contributed by atoms with Gasteiger partial charge in [-0.3, -0.25) is 4.79 Å². The van der Waals surface area contributed by atoms with Crippen molar-refractivity contribution in [2.75, 3.05) is 12.3 Å². The molecular formula is C15H17NO2S. The van der Waals surface area contributed by atoms with Gasteiger partial charge in [-0.2, -0.15) is 0 Å². The molecule has 0 saturated heterocycles. The molecule has 0 unspecified atom stereocenters. The van der Waals surface area contributed by atoms with Crippen LogP contribution in [0.25, 0.3) is 10.8 Å². The number of hydrogen-bond acceptors (Lipinski definition) is 3. The topological polar surface area (TPSA) is 49.3 Å². The number of thioether (sulfide) groups is 1. The Labute approximate surface area is 117 Å². The van der Waals surface area contributed by atoms with Gasteiger partial charge in [0.15, 0.2) is 0 Å². The molecule has 0 aliphatic heterocycles. The second kappa shape index (κ2) is 6.48. The fourth-order valence-corrected chi connectivity index (χ4v) is 2.73. The van der Waals surface area contributed by atoms with E-state index in [1.165, 1.54) is 11.8 Å². The highest BCUT2D eigenvalue weighted by Gasteiger charge is 2.07. The van der Waals surface area contributed by atoms with E-state index in [2.05, 4.69) is 5.32 Å². The average Bonchev–Trinajstić information content (AvgIpc) is 2.45. The third-order valence-corrected chi connectivity index (χ3v) is 3.87. The van der Waals surface area contributed by atoms with E-state index in [0.717, 1.165) is 28.6 Å². The highest BCUT2D eigenvalue weighted by Crippen LogP contribution is 2.33. The predicted molar refractivity (Wildman–Crippen MR) is 79.6 cm³/mol. The number of carbonyl (C=O) groups excluding carboxylic acids is 1. The Bertz CT molecular complexity index is 583. The molecule has 2 aromatic carbocycles. The van der Waals surface area contributed by atoms with E-state index < -0.39 is 0 Å². The van der Waals surface area contributed by atoms with Gasteiger partial charge in [0.05, 0.1) is 5.75 Å². The van der Waals surface area contributed by atoms with Crippen LogP contribution in [0, 0.1) is 0 Å². The Morgan fingerprint density at radius 2 is 1.95 bits per heavy atom. The van der Waals surface area contributed by atoms with Crippen LogP contribution in [0.5, 0.6) is 5.75 Å². The minimum atomic E-state index is 0.0454. The number of rotatable bonds is 5. The summed E-state index contributed by atoms with van der Waals surface area (Å²) in [7, 11) is 0. The molecule has 0 heterocycles. The molecule has 0 saturated carbocycles. The highest BCUT2D eigenvalue weighted by molar-refractivity contribution is 8.00. The number of fused-ring (bicyclic) bond motifs is 1. The van der Waals surface area contributed by atoms with Crippen molar-refractivity contribution in [3.63, 3.8) is 0 Å². The minimum Gasteiger partial charge on any atom is -0.507 e. The summed E-state index contributed by atoms with van der Waals surface area (Å²) in [6.45, 7) is 2.75. The van der Waals surface area contributed by atoms with Gasteiger partial charge in [-0.15, -0.1) is 11.8 Å². The maximum atomic E-state index is 11.6. The molecule has 0 aromatic heterocycles. The SMILES string of the molecule is CCCNC(=O)CSc1ccc(O)c2ccccc12. The molecular weight excluding hydrogens is 258 g/mol. The first-order chi connectivity index (χ1) is 9.22. The summed E-state index contributed by atoms with van der Waals surface area (Å²) in [4.78, 5) is 12.6. The molecule has 2 rings (SSSR count).